The fourth-order valence-electron chi connectivity index (χ4n) is 7.46. The van der Waals surface area contributed by atoms with Gasteiger partial charge in [0.25, 0.3) is 0 Å². The lowest BCUT2D eigenvalue weighted by Gasteiger charge is -2.45. The van der Waals surface area contributed by atoms with E-state index in [0.29, 0.717) is 0 Å². The predicted molar refractivity (Wildman–Crippen MR) is 203 cm³/mol. The first-order valence-electron chi connectivity index (χ1n) is 16.8. The fourth-order valence-corrected chi connectivity index (χ4v) is 7.46. The van der Waals surface area contributed by atoms with E-state index in [-0.39, 0.29) is 5.41 Å². The van der Waals surface area contributed by atoms with E-state index in [2.05, 4.69) is 204 Å². The zero-order valence-corrected chi connectivity index (χ0v) is 27.5. The second kappa shape index (κ2) is 11.5. The molecular formula is C45H35N3O. The van der Waals surface area contributed by atoms with Gasteiger partial charge in [0.05, 0.1) is 17.1 Å². The normalized spacial score (nSPS) is 13.4. The summed E-state index contributed by atoms with van der Waals surface area (Å²) in [4.78, 5) is 7.02. The van der Waals surface area contributed by atoms with Gasteiger partial charge in [-0.3, -0.25) is 0 Å². The minimum Gasteiger partial charge on any atom is -0.453 e. The maximum atomic E-state index is 6.83. The van der Waals surface area contributed by atoms with Crippen LogP contribution in [0.4, 0.5) is 51.2 Å². The molecule has 9 rings (SSSR count). The van der Waals surface area contributed by atoms with Crippen molar-refractivity contribution >= 4 is 51.2 Å². The number of fused-ring (bicyclic) bond motifs is 4. The quantitative estimate of drug-likeness (QED) is 0.181. The van der Waals surface area contributed by atoms with Crippen molar-refractivity contribution in [3.63, 3.8) is 0 Å². The van der Waals surface area contributed by atoms with Crippen LogP contribution in [-0.4, -0.2) is 0 Å². The monoisotopic (exact) mass is 633 g/mol. The average Bonchev–Trinajstić information content (AvgIpc) is 3.15. The van der Waals surface area contributed by atoms with E-state index < -0.39 is 0 Å². The Bertz CT molecular complexity index is 2210. The minimum absolute atomic E-state index is 0.238. The molecule has 0 aromatic heterocycles. The van der Waals surface area contributed by atoms with Gasteiger partial charge < -0.3 is 19.4 Å². The van der Waals surface area contributed by atoms with Crippen LogP contribution in [0, 0.1) is 0 Å². The third-order valence-electron chi connectivity index (χ3n) is 9.77. The highest BCUT2D eigenvalue weighted by molar-refractivity contribution is 5.96. The van der Waals surface area contributed by atoms with Crippen LogP contribution >= 0.6 is 0 Å². The van der Waals surface area contributed by atoms with Gasteiger partial charge >= 0.3 is 0 Å². The van der Waals surface area contributed by atoms with Crippen LogP contribution in [0.3, 0.4) is 0 Å². The lowest BCUT2D eigenvalue weighted by Crippen LogP contribution is -2.32. The van der Waals surface area contributed by atoms with Gasteiger partial charge in [0.15, 0.2) is 11.5 Å². The Kier molecular flexibility index (Phi) is 6.77. The summed E-state index contributed by atoms with van der Waals surface area (Å²) in [6.07, 6.45) is 0. The fraction of sp³-hybridized carbons (Fsp3) is 0.0667. The smallest absolute Gasteiger partial charge is 0.153 e. The molecule has 0 saturated carbocycles. The molecule has 7 aromatic carbocycles. The second-order valence-corrected chi connectivity index (χ2v) is 13.1. The zero-order chi connectivity index (χ0) is 33.0. The van der Waals surface area contributed by atoms with Crippen molar-refractivity contribution < 1.29 is 4.74 Å². The van der Waals surface area contributed by atoms with Gasteiger partial charge in [0, 0.05) is 45.6 Å². The number of rotatable bonds is 6. The molecule has 0 bridgehead atoms. The van der Waals surface area contributed by atoms with Crippen LogP contribution in [0.15, 0.2) is 176 Å². The molecule has 0 atom stereocenters. The molecule has 0 aliphatic carbocycles. The lowest BCUT2D eigenvalue weighted by molar-refractivity contribution is 0.471. The number of hydrogen-bond acceptors (Lipinski definition) is 4. The average molecular weight is 634 g/mol. The van der Waals surface area contributed by atoms with Crippen LogP contribution < -0.4 is 19.4 Å². The Hall–Kier alpha value is -6.26. The number of benzene rings is 7. The van der Waals surface area contributed by atoms with Crippen molar-refractivity contribution in [3.8, 4) is 11.5 Å². The molecule has 0 amide bonds. The first-order valence-corrected chi connectivity index (χ1v) is 16.8. The third kappa shape index (κ3) is 4.76. The van der Waals surface area contributed by atoms with Crippen molar-refractivity contribution in [1.82, 2.24) is 0 Å². The van der Waals surface area contributed by atoms with E-state index in [1.54, 1.807) is 0 Å². The Morgan fingerprint density at radius 1 is 0.408 bits per heavy atom. The van der Waals surface area contributed by atoms with Crippen LogP contribution in [0.2, 0.25) is 0 Å². The molecular weight excluding hydrogens is 599 g/mol. The highest BCUT2D eigenvalue weighted by atomic mass is 16.5. The number of hydrogen-bond donors (Lipinski definition) is 0. The molecule has 2 aliphatic heterocycles. The molecule has 236 valence electrons. The highest BCUT2D eigenvalue weighted by Crippen LogP contribution is 2.61. The molecule has 0 saturated heterocycles. The standard InChI is InChI=1S/C45H35N3O/c1-45(2)38-28-26-36(46(32-16-7-3-8-17-32)33-18-9-4-10-19-33)30-41(38)48-40-29-27-37(31-43(40)49-42-25-15-24-39(45)44(42)48)47(34-20-11-5-12-21-34)35-22-13-6-14-23-35/h3-31H,1-2H3. The van der Waals surface area contributed by atoms with Gasteiger partial charge in [-0.2, -0.15) is 0 Å². The van der Waals surface area contributed by atoms with E-state index in [1.807, 2.05) is 0 Å². The number of para-hydroxylation sites is 5. The third-order valence-corrected chi connectivity index (χ3v) is 9.77. The number of anilines is 9. The maximum absolute atomic E-state index is 6.83. The summed E-state index contributed by atoms with van der Waals surface area (Å²) in [5.41, 5.74) is 12.1. The molecule has 7 aromatic rings. The Labute approximate surface area is 287 Å². The molecule has 0 unspecified atom stereocenters. The van der Waals surface area contributed by atoms with Gasteiger partial charge in [0.1, 0.15) is 0 Å². The summed E-state index contributed by atoms with van der Waals surface area (Å²) < 4.78 is 6.83. The van der Waals surface area contributed by atoms with Gasteiger partial charge in [0.2, 0.25) is 0 Å². The Morgan fingerprint density at radius 3 is 1.43 bits per heavy atom. The van der Waals surface area contributed by atoms with Crippen molar-refractivity contribution in [3.05, 3.63) is 187 Å². The Morgan fingerprint density at radius 2 is 0.898 bits per heavy atom. The largest absolute Gasteiger partial charge is 0.453 e. The lowest BCUT2D eigenvalue weighted by atomic mass is 9.73. The van der Waals surface area contributed by atoms with Gasteiger partial charge in [-0.1, -0.05) is 105 Å². The molecule has 0 spiro atoms. The highest BCUT2D eigenvalue weighted by Gasteiger charge is 2.42. The summed E-state index contributed by atoms with van der Waals surface area (Å²) in [6.45, 7) is 4.64. The first-order chi connectivity index (χ1) is 24.1. The SMILES string of the molecule is CC1(C)c2ccc(N(c3ccccc3)c3ccccc3)cc2N2c3ccc(N(c4ccccc4)c4ccccc4)cc3Oc3cccc1c32. The van der Waals surface area contributed by atoms with Crippen molar-refractivity contribution in [2.45, 2.75) is 19.3 Å². The van der Waals surface area contributed by atoms with Gasteiger partial charge in [-0.25, -0.2) is 0 Å². The molecule has 0 radical (unpaired) electrons. The van der Waals surface area contributed by atoms with Crippen molar-refractivity contribution in [2.75, 3.05) is 14.7 Å². The van der Waals surface area contributed by atoms with Crippen molar-refractivity contribution in [2.24, 2.45) is 0 Å². The van der Waals surface area contributed by atoms with Gasteiger partial charge in [-0.15, -0.1) is 0 Å². The first kappa shape index (κ1) is 28.9. The number of ether oxygens (including phenoxy) is 1. The second-order valence-electron chi connectivity index (χ2n) is 13.1. The molecule has 0 fully saturated rings. The van der Waals surface area contributed by atoms with E-state index in [4.69, 9.17) is 4.74 Å². The molecule has 2 heterocycles. The van der Waals surface area contributed by atoms with Crippen LogP contribution in [0.1, 0.15) is 25.0 Å². The van der Waals surface area contributed by atoms with E-state index >= 15 is 0 Å². The summed E-state index contributed by atoms with van der Waals surface area (Å²) in [7, 11) is 0. The van der Waals surface area contributed by atoms with Crippen LogP contribution in [0.5, 0.6) is 11.5 Å². The van der Waals surface area contributed by atoms with E-state index in [9.17, 15) is 0 Å². The molecule has 0 N–H and O–H groups in total. The molecule has 4 heteroatoms. The van der Waals surface area contributed by atoms with Crippen molar-refractivity contribution in [1.29, 1.82) is 0 Å². The summed E-state index contributed by atoms with van der Waals surface area (Å²) >= 11 is 0. The summed E-state index contributed by atoms with van der Waals surface area (Å²) in [6, 6.07) is 62.2. The van der Waals surface area contributed by atoms with E-state index in [0.717, 1.165) is 62.7 Å². The van der Waals surface area contributed by atoms with Crippen LogP contribution in [0.25, 0.3) is 0 Å². The topological polar surface area (TPSA) is 19.0 Å². The number of nitrogens with zero attached hydrogens (tertiary/aromatic N) is 3. The summed E-state index contributed by atoms with van der Waals surface area (Å²) in [5.74, 6) is 1.68. The maximum Gasteiger partial charge on any atom is 0.153 e. The Balaban J connectivity index is 1.24. The molecule has 4 nitrogen and oxygen atoms in total. The van der Waals surface area contributed by atoms with Crippen LogP contribution in [-0.2, 0) is 5.41 Å². The molecule has 49 heavy (non-hydrogen) atoms. The summed E-state index contributed by atoms with van der Waals surface area (Å²) in [5, 5.41) is 0. The zero-order valence-electron chi connectivity index (χ0n) is 27.5. The van der Waals surface area contributed by atoms with E-state index in [1.165, 1.54) is 11.1 Å². The molecule has 2 aliphatic rings. The predicted octanol–water partition coefficient (Wildman–Crippen LogP) is 12.8. The minimum atomic E-state index is -0.238. The van der Waals surface area contributed by atoms with Gasteiger partial charge in [-0.05, 0) is 90.0 Å².